The smallest absolute Gasteiger partial charge is 0.493 e. The van der Waals surface area contributed by atoms with Crippen LogP contribution in [-0.2, 0) is 12.0 Å². The molecule has 0 spiro atoms. The lowest BCUT2D eigenvalue weighted by Gasteiger charge is -2.18. The second-order valence-electron chi connectivity index (χ2n) is 7.95. The van der Waals surface area contributed by atoms with Crippen molar-refractivity contribution < 1.29 is 23.0 Å². The van der Waals surface area contributed by atoms with Crippen molar-refractivity contribution >= 4 is 0 Å². The van der Waals surface area contributed by atoms with Crippen molar-refractivity contribution in [2.45, 2.75) is 46.0 Å². The molecule has 0 aliphatic rings. The second kappa shape index (κ2) is 7.55. The van der Waals surface area contributed by atoms with Crippen LogP contribution in [-0.4, -0.2) is 25.6 Å². The average Bonchev–Trinajstić information content (AvgIpc) is 2.84. The van der Waals surface area contributed by atoms with Crippen LogP contribution in [0.15, 0.2) is 47.4 Å². The summed E-state index contributed by atoms with van der Waals surface area (Å²) in [7, 11) is 0. The summed E-state index contributed by atoms with van der Waals surface area (Å²) >= 11 is 0. The maximum absolute atomic E-state index is 13.0. The van der Waals surface area contributed by atoms with Gasteiger partial charge in [-0.15, -0.1) is 13.2 Å². The number of hydrogen-bond donors (Lipinski definition) is 1. The third-order valence-electron chi connectivity index (χ3n) is 4.62. The van der Waals surface area contributed by atoms with Gasteiger partial charge in [0.25, 0.3) is 0 Å². The highest BCUT2D eigenvalue weighted by Gasteiger charge is 2.31. The SMILES string of the molecule is Cc1c(O)n(-c2ccc(OC(F)(F)F)cc2)c(=O)n1Cc1ccnc(C(C)(C)C)c1. The van der Waals surface area contributed by atoms with Crippen LogP contribution in [0.2, 0.25) is 0 Å². The molecule has 1 aromatic carbocycles. The lowest BCUT2D eigenvalue weighted by Crippen LogP contribution is -2.24. The van der Waals surface area contributed by atoms with Gasteiger partial charge in [-0.05, 0) is 48.9 Å². The first kappa shape index (κ1) is 21.5. The van der Waals surface area contributed by atoms with Crippen molar-refractivity contribution in [3.05, 3.63) is 70.0 Å². The molecule has 0 saturated heterocycles. The first-order chi connectivity index (χ1) is 13.9. The van der Waals surface area contributed by atoms with Gasteiger partial charge in [0.1, 0.15) is 5.75 Å². The van der Waals surface area contributed by atoms with Gasteiger partial charge in [0, 0.05) is 17.3 Å². The number of alkyl halides is 3. The number of hydrogen-bond acceptors (Lipinski definition) is 4. The summed E-state index contributed by atoms with van der Waals surface area (Å²) in [5, 5.41) is 10.5. The number of benzene rings is 1. The highest BCUT2D eigenvalue weighted by Crippen LogP contribution is 2.26. The summed E-state index contributed by atoms with van der Waals surface area (Å²) in [6.45, 7) is 7.91. The van der Waals surface area contributed by atoms with E-state index in [0.29, 0.717) is 5.69 Å². The molecule has 0 unspecified atom stereocenters. The van der Waals surface area contributed by atoms with E-state index in [1.54, 1.807) is 19.2 Å². The Hall–Kier alpha value is -3.23. The van der Waals surface area contributed by atoms with Gasteiger partial charge in [-0.25, -0.2) is 9.36 Å². The Bertz CT molecular complexity index is 1110. The number of aromatic nitrogens is 3. The molecule has 0 fully saturated rings. The number of ether oxygens (including phenoxy) is 1. The van der Waals surface area contributed by atoms with Crippen molar-refractivity contribution in [1.29, 1.82) is 0 Å². The van der Waals surface area contributed by atoms with Crippen LogP contribution in [0.5, 0.6) is 11.6 Å². The van der Waals surface area contributed by atoms with E-state index in [2.05, 4.69) is 9.72 Å². The van der Waals surface area contributed by atoms with Gasteiger partial charge in [-0.3, -0.25) is 9.55 Å². The molecular formula is C21H22F3N3O3. The quantitative estimate of drug-likeness (QED) is 0.682. The normalized spacial score (nSPS) is 12.2. The van der Waals surface area contributed by atoms with Gasteiger partial charge >= 0.3 is 12.1 Å². The zero-order valence-electron chi connectivity index (χ0n) is 17.0. The number of halogens is 3. The van der Waals surface area contributed by atoms with E-state index in [4.69, 9.17) is 0 Å². The Labute approximate surface area is 171 Å². The molecule has 0 radical (unpaired) electrons. The van der Waals surface area contributed by atoms with E-state index in [1.165, 1.54) is 16.7 Å². The molecule has 1 N–H and O–H groups in total. The fourth-order valence-corrected chi connectivity index (χ4v) is 3.02. The Morgan fingerprint density at radius 3 is 2.30 bits per heavy atom. The Kier molecular flexibility index (Phi) is 5.40. The minimum Gasteiger partial charge on any atom is -0.493 e. The topological polar surface area (TPSA) is 69.3 Å². The van der Waals surface area contributed by atoms with E-state index in [9.17, 15) is 23.1 Å². The molecular weight excluding hydrogens is 399 g/mol. The lowest BCUT2D eigenvalue weighted by atomic mass is 9.91. The number of rotatable bonds is 4. The monoisotopic (exact) mass is 421 g/mol. The predicted octanol–water partition coefficient (Wildman–Crippen LogP) is 4.29. The molecule has 0 aliphatic carbocycles. The third-order valence-corrected chi connectivity index (χ3v) is 4.62. The van der Waals surface area contributed by atoms with Crippen molar-refractivity contribution in [3.63, 3.8) is 0 Å². The van der Waals surface area contributed by atoms with Crippen LogP contribution in [0.25, 0.3) is 5.69 Å². The van der Waals surface area contributed by atoms with Gasteiger partial charge < -0.3 is 9.84 Å². The van der Waals surface area contributed by atoms with Crippen molar-refractivity contribution in [2.24, 2.45) is 0 Å². The van der Waals surface area contributed by atoms with Crippen molar-refractivity contribution in [1.82, 2.24) is 14.1 Å². The third kappa shape index (κ3) is 4.50. The first-order valence-corrected chi connectivity index (χ1v) is 9.19. The Morgan fingerprint density at radius 2 is 1.73 bits per heavy atom. The standard InChI is InChI=1S/C21H22F3N3O3/c1-13-18(28)27(15-5-7-16(8-6-15)30-21(22,23)24)19(29)26(13)12-14-9-10-25-17(11-14)20(2,3)4/h5-11,28H,12H2,1-4H3. The molecule has 0 atom stereocenters. The molecule has 9 heteroatoms. The van der Waals surface area contributed by atoms with Crippen LogP contribution in [0, 0.1) is 6.92 Å². The molecule has 2 aromatic heterocycles. The number of pyridine rings is 1. The molecule has 160 valence electrons. The zero-order chi connectivity index (χ0) is 22.3. The van der Waals surface area contributed by atoms with Crippen molar-refractivity contribution in [3.8, 4) is 17.3 Å². The summed E-state index contributed by atoms with van der Waals surface area (Å²) in [6, 6.07) is 8.41. The van der Waals surface area contributed by atoms with Crippen LogP contribution in [0.3, 0.4) is 0 Å². The first-order valence-electron chi connectivity index (χ1n) is 9.19. The summed E-state index contributed by atoms with van der Waals surface area (Å²) < 4.78 is 43.3. The van der Waals surface area contributed by atoms with Gasteiger partial charge in [-0.2, -0.15) is 0 Å². The van der Waals surface area contributed by atoms with E-state index in [0.717, 1.165) is 28.0 Å². The molecule has 0 bridgehead atoms. The zero-order valence-corrected chi connectivity index (χ0v) is 17.0. The summed E-state index contributed by atoms with van der Waals surface area (Å²) in [5.74, 6) is -0.698. The fourth-order valence-electron chi connectivity index (χ4n) is 3.02. The maximum atomic E-state index is 13.0. The summed E-state index contributed by atoms with van der Waals surface area (Å²) in [4.78, 5) is 17.3. The maximum Gasteiger partial charge on any atom is 0.573 e. The largest absolute Gasteiger partial charge is 0.573 e. The summed E-state index contributed by atoms with van der Waals surface area (Å²) in [6.07, 6.45) is -3.14. The molecule has 30 heavy (non-hydrogen) atoms. The van der Waals surface area contributed by atoms with Crippen molar-refractivity contribution in [2.75, 3.05) is 0 Å². The van der Waals surface area contributed by atoms with E-state index in [1.807, 2.05) is 26.8 Å². The molecule has 0 amide bonds. The minimum absolute atomic E-state index is 0.162. The highest BCUT2D eigenvalue weighted by molar-refractivity contribution is 5.41. The number of imidazole rings is 1. The van der Waals surface area contributed by atoms with Crippen LogP contribution in [0.4, 0.5) is 13.2 Å². The van der Waals surface area contributed by atoms with Crippen LogP contribution in [0.1, 0.15) is 37.7 Å². The van der Waals surface area contributed by atoms with Gasteiger partial charge in [0.05, 0.1) is 17.9 Å². The van der Waals surface area contributed by atoms with Crippen LogP contribution < -0.4 is 10.4 Å². The van der Waals surface area contributed by atoms with Gasteiger partial charge in [0.2, 0.25) is 5.88 Å². The molecule has 6 nitrogen and oxygen atoms in total. The minimum atomic E-state index is -4.81. The van der Waals surface area contributed by atoms with E-state index in [-0.39, 0.29) is 23.5 Å². The number of nitrogens with zero attached hydrogens (tertiary/aromatic N) is 3. The molecule has 3 aromatic rings. The summed E-state index contributed by atoms with van der Waals surface area (Å²) in [5.41, 5.74) is 1.60. The lowest BCUT2D eigenvalue weighted by molar-refractivity contribution is -0.274. The Morgan fingerprint density at radius 1 is 1.10 bits per heavy atom. The molecule has 0 aliphatic heterocycles. The Balaban J connectivity index is 1.96. The predicted molar refractivity (Wildman–Crippen MR) is 105 cm³/mol. The molecule has 3 rings (SSSR count). The number of aromatic hydroxyl groups is 1. The van der Waals surface area contributed by atoms with Gasteiger partial charge in [-0.1, -0.05) is 20.8 Å². The molecule has 0 saturated carbocycles. The van der Waals surface area contributed by atoms with E-state index >= 15 is 0 Å². The highest BCUT2D eigenvalue weighted by atomic mass is 19.4. The van der Waals surface area contributed by atoms with Crippen LogP contribution >= 0.6 is 0 Å². The fraction of sp³-hybridized carbons (Fsp3) is 0.333. The van der Waals surface area contributed by atoms with E-state index < -0.39 is 17.8 Å². The average molecular weight is 421 g/mol. The second-order valence-corrected chi connectivity index (χ2v) is 7.95. The molecule has 2 heterocycles. The van der Waals surface area contributed by atoms with Gasteiger partial charge in [0.15, 0.2) is 0 Å².